The molecule has 0 aliphatic carbocycles. The number of carbonyl (C=O) groups is 1. The second-order valence-corrected chi connectivity index (χ2v) is 10.9. The van der Waals surface area contributed by atoms with Gasteiger partial charge in [0, 0.05) is 5.56 Å². The molecule has 4 heteroatoms. The third kappa shape index (κ3) is 5.70. The van der Waals surface area contributed by atoms with Gasteiger partial charge in [-0.1, -0.05) is 140 Å². The lowest BCUT2D eigenvalue weighted by Gasteiger charge is -2.27. The SMILES string of the molecule is O=C(N[C@@H](c1ccccc1)[C@@H](O)c1ccccc1)c1ccccc1P(c1ccccc1)c1ccccc1. The van der Waals surface area contributed by atoms with E-state index in [1.807, 2.05) is 121 Å². The largest absolute Gasteiger partial charge is 0.386 e. The van der Waals surface area contributed by atoms with Crippen LogP contribution in [0.3, 0.4) is 0 Å². The normalized spacial score (nSPS) is 12.6. The molecule has 5 aromatic rings. The maximum atomic E-state index is 13.9. The summed E-state index contributed by atoms with van der Waals surface area (Å²) in [7, 11) is -0.961. The van der Waals surface area contributed by atoms with Gasteiger partial charge >= 0.3 is 0 Å². The maximum absolute atomic E-state index is 13.9. The molecule has 182 valence electrons. The highest BCUT2D eigenvalue weighted by Gasteiger charge is 2.28. The molecule has 0 fully saturated rings. The molecule has 0 aliphatic heterocycles. The number of nitrogens with one attached hydrogen (secondary N) is 1. The summed E-state index contributed by atoms with van der Waals surface area (Å²) in [5, 5.41) is 17.8. The van der Waals surface area contributed by atoms with E-state index in [-0.39, 0.29) is 5.91 Å². The average molecular weight is 502 g/mol. The number of aliphatic hydroxyl groups is 1. The van der Waals surface area contributed by atoms with Crippen LogP contribution in [0.2, 0.25) is 0 Å². The lowest BCUT2D eigenvalue weighted by molar-refractivity contribution is 0.0832. The third-order valence-corrected chi connectivity index (χ3v) is 8.82. The lowest BCUT2D eigenvalue weighted by atomic mass is 9.95. The number of amides is 1. The van der Waals surface area contributed by atoms with Crippen LogP contribution in [0.25, 0.3) is 0 Å². The van der Waals surface area contributed by atoms with Crippen molar-refractivity contribution in [2.24, 2.45) is 0 Å². The van der Waals surface area contributed by atoms with Crippen molar-refractivity contribution in [1.82, 2.24) is 5.32 Å². The summed E-state index contributed by atoms with van der Waals surface area (Å²) in [6.07, 6.45) is -0.899. The highest BCUT2D eigenvalue weighted by Crippen LogP contribution is 2.35. The van der Waals surface area contributed by atoms with Crippen molar-refractivity contribution >= 4 is 29.7 Å². The Bertz CT molecular complexity index is 1390. The standard InChI is InChI=1S/C33H28NO2P/c35-32(26-17-7-2-8-18-26)31(25-15-5-1-6-16-25)34-33(36)29-23-13-14-24-30(29)37(27-19-9-3-10-20-27)28-21-11-4-12-22-28/h1-24,31-32,35H,(H,34,36)/t31-,32-/m0/s1. The van der Waals surface area contributed by atoms with Crippen LogP contribution in [-0.2, 0) is 0 Å². The molecule has 0 saturated carbocycles. The van der Waals surface area contributed by atoms with E-state index >= 15 is 0 Å². The first-order chi connectivity index (χ1) is 18.2. The summed E-state index contributed by atoms with van der Waals surface area (Å²) in [5.74, 6) is -0.209. The molecule has 5 aromatic carbocycles. The first-order valence-electron chi connectivity index (χ1n) is 12.3. The van der Waals surface area contributed by atoms with Crippen molar-refractivity contribution in [3.63, 3.8) is 0 Å². The van der Waals surface area contributed by atoms with E-state index in [2.05, 4.69) is 29.6 Å². The molecular formula is C33H28NO2P. The van der Waals surface area contributed by atoms with Crippen molar-refractivity contribution in [1.29, 1.82) is 0 Å². The predicted octanol–water partition coefficient (Wildman–Crippen LogP) is 5.65. The smallest absolute Gasteiger partial charge is 0.252 e. The van der Waals surface area contributed by atoms with Gasteiger partial charge in [0.1, 0.15) is 6.10 Å². The zero-order valence-electron chi connectivity index (χ0n) is 20.3. The van der Waals surface area contributed by atoms with Crippen LogP contribution in [-0.4, -0.2) is 11.0 Å². The Morgan fingerprint density at radius 2 is 1.00 bits per heavy atom. The lowest BCUT2D eigenvalue weighted by Crippen LogP contribution is -2.36. The van der Waals surface area contributed by atoms with Gasteiger partial charge in [0.25, 0.3) is 5.91 Å². The van der Waals surface area contributed by atoms with Crippen molar-refractivity contribution in [2.75, 3.05) is 0 Å². The van der Waals surface area contributed by atoms with Crippen LogP contribution in [0.15, 0.2) is 146 Å². The Morgan fingerprint density at radius 3 is 1.54 bits per heavy atom. The van der Waals surface area contributed by atoms with Gasteiger partial charge in [-0.3, -0.25) is 4.79 Å². The minimum atomic E-state index is -0.961. The number of aliphatic hydroxyl groups excluding tert-OH is 1. The fourth-order valence-corrected chi connectivity index (χ4v) is 6.96. The molecular weight excluding hydrogens is 473 g/mol. The molecule has 0 aliphatic rings. The Balaban J connectivity index is 1.55. The van der Waals surface area contributed by atoms with Crippen molar-refractivity contribution in [3.05, 3.63) is 162 Å². The molecule has 0 heterocycles. The minimum Gasteiger partial charge on any atom is -0.386 e. The topological polar surface area (TPSA) is 49.3 Å². The molecule has 0 aromatic heterocycles. The summed E-state index contributed by atoms with van der Waals surface area (Å²) in [4.78, 5) is 13.9. The highest BCUT2D eigenvalue weighted by molar-refractivity contribution is 7.80. The Kier molecular flexibility index (Phi) is 7.86. The molecule has 37 heavy (non-hydrogen) atoms. The molecule has 3 nitrogen and oxygen atoms in total. The quantitative estimate of drug-likeness (QED) is 0.270. The Labute approximate surface area is 219 Å². The van der Waals surface area contributed by atoms with Gasteiger partial charge in [-0.15, -0.1) is 0 Å². The first kappa shape index (κ1) is 24.6. The second kappa shape index (κ2) is 11.8. The van der Waals surface area contributed by atoms with Gasteiger partial charge in [-0.2, -0.15) is 0 Å². The summed E-state index contributed by atoms with van der Waals surface area (Å²) in [5.41, 5.74) is 2.21. The molecule has 0 radical (unpaired) electrons. The average Bonchev–Trinajstić information content (AvgIpc) is 2.98. The maximum Gasteiger partial charge on any atom is 0.252 e. The second-order valence-electron chi connectivity index (χ2n) is 8.74. The molecule has 0 bridgehead atoms. The van der Waals surface area contributed by atoms with Gasteiger partial charge in [0.05, 0.1) is 6.04 Å². The van der Waals surface area contributed by atoms with Gasteiger partial charge in [0.2, 0.25) is 0 Å². The Hall–Kier alpha value is -4.04. The Morgan fingerprint density at radius 1 is 0.568 bits per heavy atom. The van der Waals surface area contributed by atoms with E-state index in [0.29, 0.717) is 5.56 Å². The fraction of sp³-hybridized carbons (Fsp3) is 0.0606. The van der Waals surface area contributed by atoms with E-state index in [0.717, 1.165) is 16.4 Å². The molecule has 2 atom stereocenters. The van der Waals surface area contributed by atoms with Gasteiger partial charge < -0.3 is 10.4 Å². The number of hydrogen-bond acceptors (Lipinski definition) is 2. The van der Waals surface area contributed by atoms with Crippen LogP contribution in [0, 0.1) is 0 Å². The first-order valence-corrected chi connectivity index (χ1v) is 13.6. The van der Waals surface area contributed by atoms with Gasteiger partial charge in [-0.05, 0) is 41.0 Å². The van der Waals surface area contributed by atoms with E-state index in [1.54, 1.807) is 0 Å². The van der Waals surface area contributed by atoms with Crippen molar-refractivity contribution in [3.8, 4) is 0 Å². The van der Waals surface area contributed by atoms with Crippen LogP contribution in [0.5, 0.6) is 0 Å². The molecule has 0 saturated heterocycles. The highest BCUT2D eigenvalue weighted by atomic mass is 31.1. The zero-order valence-corrected chi connectivity index (χ0v) is 21.2. The van der Waals surface area contributed by atoms with Crippen LogP contribution >= 0.6 is 7.92 Å². The van der Waals surface area contributed by atoms with Crippen molar-refractivity contribution in [2.45, 2.75) is 12.1 Å². The summed E-state index contributed by atoms with van der Waals surface area (Å²) >= 11 is 0. The summed E-state index contributed by atoms with van der Waals surface area (Å²) in [6, 6.07) is 47.0. The molecule has 0 unspecified atom stereocenters. The van der Waals surface area contributed by atoms with Gasteiger partial charge in [-0.25, -0.2) is 0 Å². The van der Waals surface area contributed by atoms with E-state index < -0.39 is 20.1 Å². The summed E-state index contributed by atoms with van der Waals surface area (Å²) in [6.45, 7) is 0. The molecule has 1 amide bonds. The fourth-order valence-electron chi connectivity index (χ4n) is 4.51. The molecule has 5 rings (SSSR count). The number of hydrogen-bond donors (Lipinski definition) is 2. The van der Waals surface area contributed by atoms with Crippen LogP contribution < -0.4 is 21.2 Å². The van der Waals surface area contributed by atoms with E-state index in [9.17, 15) is 9.90 Å². The van der Waals surface area contributed by atoms with Crippen LogP contribution in [0.1, 0.15) is 33.6 Å². The number of benzene rings is 5. The predicted molar refractivity (Wildman–Crippen MR) is 153 cm³/mol. The van der Waals surface area contributed by atoms with Crippen molar-refractivity contribution < 1.29 is 9.90 Å². The molecule has 0 spiro atoms. The third-order valence-electron chi connectivity index (χ3n) is 6.32. The monoisotopic (exact) mass is 501 g/mol. The minimum absolute atomic E-state index is 0.209. The zero-order chi connectivity index (χ0) is 25.5. The van der Waals surface area contributed by atoms with E-state index in [1.165, 1.54) is 10.6 Å². The molecule has 2 N–H and O–H groups in total. The number of rotatable bonds is 8. The van der Waals surface area contributed by atoms with E-state index in [4.69, 9.17) is 0 Å². The van der Waals surface area contributed by atoms with Crippen LogP contribution in [0.4, 0.5) is 0 Å². The number of carbonyl (C=O) groups excluding carboxylic acids is 1. The summed E-state index contributed by atoms with van der Waals surface area (Å²) < 4.78 is 0. The van der Waals surface area contributed by atoms with Gasteiger partial charge in [0.15, 0.2) is 0 Å².